The van der Waals surface area contributed by atoms with Crippen LogP contribution in [-0.2, 0) is 9.53 Å². The van der Waals surface area contributed by atoms with Crippen LogP contribution in [0.5, 0.6) is 0 Å². The zero-order valence-electron chi connectivity index (χ0n) is 12.6. The number of nitrogens with zero attached hydrogens (tertiary/aromatic N) is 1. The first-order valence-corrected chi connectivity index (χ1v) is 7.93. The normalized spacial score (nSPS) is 30.8. The van der Waals surface area contributed by atoms with Crippen LogP contribution in [0.25, 0.3) is 0 Å². The van der Waals surface area contributed by atoms with Crippen molar-refractivity contribution < 1.29 is 14.6 Å². The Bertz CT molecular complexity index is 316. The molecule has 0 bridgehead atoms. The molecule has 0 aliphatic carbocycles. The van der Waals surface area contributed by atoms with Crippen molar-refractivity contribution in [1.82, 2.24) is 10.2 Å². The van der Waals surface area contributed by atoms with Gasteiger partial charge in [0.05, 0.1) is 6.61 Å². The molecule has 0 aromatic heterocycles. The Morgan fingerprint density at radius 3 is 3.00 bits per heavy atom. The summed E-state index contributed by atoms with van der Waals surface area (Å²) in [6.07, 6.45) is 6.15. The molecule has 2 heterocycles. The van der Waals surface area contributed by atoms with Crippen molar-refractivity contribution in [1.29, 1.82) is 0 Å². The summed E-state index contributed by atoms with van der Waals surface area (Å²) in [5.74, 6) is 0.0319. The fourth-order valence-electron chi connectivity index (χ4n) is 3.18. The van der Waals surface area contributed by atoms with E-state index >= 15 is 0 Å². The molecule has 2 saturated heterocycles. The number of hydrogen-bond donors (Lipinski definition) is 2. The molecule has 0 radical (unpaired) electrons. The Labute approximate surface area is 121 Å². The summed E-state index contributed by atoms with van der Waals surface area (Å²) in [7, 11) is 0. The molecule has 2 aliphatic heterocycles. The molecule has 2 aliphatic rings. The lowest BCUT2D eigenvalue weighted by atomic mass is 10.0. The summed E-state index contributed by atoms with van der Waals surface area (Å²) in [4.78, 5) is 14.4. The number of carbonyl (C=O) groups is 1. The molecule has 1 amide bonds. The highest BCUT2D eigenvalue weighted by atomic mass is 16.5. The zero-order chi connectivity index (χ0) is 14.4. The molecule has 2 N–H and O–H groups in total. The number of aliphatic hydroxyl groups excluding tert-OH is 1. The molecule has 0 saturated carbocycles. The van der Waals surface area contributed by atoms with Gasteiger partial charge >= 0.3 is 0 Å². The van der Waals surface area contributed by atoms with Gasteiger partial charge in [-0.15, -0.1) is 0 Å². The Morgan fingerprint density at radius 1 is 1.45 bits per heavy atom. The second-order valence-electron chi connectivity index (χ2n) is 6.16. The maximum atomic E-state index is 12.0. The number of likely N-dealkylation sites (tertiary alicyclic amines) is 1. The SMILES string of the molecule is CC1(C(=O)NCCCCN2CCCC2CO)CCCO1. The Morgan fingerprint density at radius 2 is 2.30 bits per heavy atom. The number of amides is 1. The molecule has 2 unspecified atom stereocenters. The van der Waals surface area contributed by atoms with Crippen molar-refractivity contribution in [2.45, 2.75) is 57.1 Å². The third-order valence-electron chi connectivity index (χ3n) is 4.57. The Balaban J connectivity index is 1.56. The number of unbranched alkanes of at least 4 members (excludes halogenated alkanes) is 1. The fourth-order valence-corrected chi connectivity index (χ4v) is 3.18. The third-order valence-corrected chi connectivity index (χ3v) is 4.57. The van der Waals surface area contributed by atoms with E-state index in [1.54, 1.807) is 0 Å². The van der Waals surface area contributed by atoms with Crippen LogP contribution in [-0.4, -0.2) is 60.4 Å². The molecule has 0 spiro atoms. The molecule has 0 aromatic carbocycles. The maximum absolute atomic E-state index is 12.0. The third kappa shape index (κ3) is 3.93. The van der Waals surface area contributed by atoms with E-state index in [1.807, 2.05) is 6.92 Å². The second-order valence-corrected chi connectivity index (χ2v) is 6.16. The van der Waals surface area contributed by atoms with Gasteiger partial charge < -0.3 is 15.2 Å². The average Bonchev–Trinajstić information content (AvgIpc) is 3.07. The van der Waals surface area contributed by atoms with E-state index in [-0.39, 0.29) is 12.5 Å². The minimum atomic E-state index is -0.600. The highest BCUT2D eigenvalue weighted by Crippen LogP contribution is 2.24. The molecule has 116 valence electrons. The molecule has 5 nitrogen and oxygen atoms in total. The second kappa shape index (κ2) is 7.38. The number of ether oxygens (including phenoxy) is 1. The molecule has 2 fully saturated rings. The quantitative estimate of drug-likeness (QED) is 0.682. The number of hydrogen-bond acceptors (Lipinski definition) is 4. The first-order chi connectivity index (χ1) is 9.65. The van der Waals surface area contributed by atoms with E-state index in [1.165, 1.54) is 6.42 Å². The van der Waals surface area contributed by atoms with E-state index in [4.69, 9.17) is 4.74 Å². The predicted octanol–water partition coefficient (Wildman–Crippen LogP) is 0.909. The number of aliphatic hydroxyl groups is 1. The first-order valence-electron chi connectivity index (χ1n) is 7.93. The first kappa shape index (κ1) is 15.7. The van der Waals surface area contributed by atoms with Crippen LogP contribution in [0.2, 0.25) is 0 Å². The lowest BCUT2D eigenvalue weighted by Crippen LogP contribution is -2.44. The Kier molecular flexibility index (Phi) is 5.81. The van der Waals surface area contributed by atoms with Gasteiger partial charge in [-0.1, -0.05) is 0 Å². The summed E-state index contributed by atoms with van der Waals surface area (Å²) in [6.45, 7) is 5.69. The van der Waals surface area contributed by atoms with Gasteiger partial charge in [0.25, 0.3) is 5.91 Å². The van der Waals surface area contributed by atoms with E-state index in [2.05, 4.69) is 10.2 Å². The molecule has 20 heavy (non-hydrogen) atoms. The van der Waals surface area contributed by atoms with Crippen molar-refractivity contribution in [2.24, 2.45) is 0 Å². The summed E-state index contributed by atoms with van der Waals surface area (Å²) in [5, 5.41) is 12.2. The lowest BCUT2D eigenvalue weighted by Gasteiger charge is -2.23. The van der Waals surface area contributed by atoms with Gasteiger partial charge in [-0.25, -0.2) is 0 Å². The van der Waals surface area contributed by atoms with Crippen LogP contribution in [0.4, 0.5) is 0 Å². The summed E-state index contributed by atoms with van der Waals surface area (Å²) in [6, 6.07) is 0.357. The molecular formula is C15H28N2O3. The van der Waals surface area contributed by atoms with Gasteiger partial charge in [0.15, 0.2) is 0 Å². The molecule has 2 atom stereocenters. The highest BCUT2D eigenvalue weighted by molar-refractivity contribution is 5.84. The molecule has 5 heteroatoms. The van der Waals surface area contributed by atoms with Crippen LogP contribution in [0, 0.1) is 0 Å². The largest absolute Gasteiger partial charge is 0.395 e. The van der Waals surface area contributed by atoms with Crippen molar-refractivity contribution in [2.75, 3.05) is 32.8 Å². The maximum Gasteiger partial charge on any atom is 0.251 e. The summed E-state index contributed by atoms with van der Waals surface area (Å²) >= 11 is 0. The van der Waals surface area contributed by atoms with Gasteiger partial charge in [-0.2, -0.15) is 0 Å². The minimum Gasteiger partial charge on any atom is -0.395 e. The van der Waals surface area contributed by atoms with Crippen LogP contribution in [0.1, 0.15) is 45.4 Å². The minimum absolute atomic E-state index is 0.0319. The van der Waals surface area contributed by atoms with E-state index in [0.29, 0.717) is 12.6 Å². The van der Waals surface area contributed by atoms with Crippen LogP contribution in [0.3, 0.4) is 0 Å². The predicted molar refractivity (Wildman–Crippen MR) is 77.5 cm³/mol. The van der Waals surface area contributed by atoms with Crippen LogP contribution < -0.4 is 5.32 Å². The van der Waals surface area contributed by atoms with E-state index in [9.17, 15) is 9.90 Å². The van der Waals surface area contributed by atoms with Crippen LogP contribution >= 0.6 is 0 Å². The fraction of sp³-hybridized carbons (Fsp3) is 0.933. The Hall–Kier alpha value is -0.650. The van der Waals surface area contributed by atoms with Gasteiger partial charge in [0.2, 0.25) is 0 Å². The van der Waals surface area contributed by atoms with Gasteiger partial charge in [0.1, 0.15) is 5.60 Å². The highest BCUT2D eigenvalue weighted by Gasteiger charge is 2.37. The van der Waals surface area contributed by atoms with Crippen molar-refractivity contribution >= 4 is 5.91 Å². The number of carbonyl (C=O) groups excluding carboxylic acids is 1. The van der Waals surface area contributed by atoms with Crippen molar-refractivity contribution in [3.63, 3.8) is 0 Å². The van der Waals surface area contributed by atoms with Crippen molar-refractivity contribution in [3.05, 3.63) is 0 Å². The van der Waals surface area contributed by atoms with E-state index < -0.39 is 5.60 Å². The van der Waals surface area contributed by atoms with Gasteiger partial charge in [-0.05, 0) is 58.5 Å². The van der Waals surface area contributed by atoms with Gasteiger partial charge in [-0.3, -0.25) is 9.69 Å². The van der Waals surface area contributed by atoms with E-state index in [0.717, 1.165) is 51.7 Å². The summed E-state index contributed by atoms with van der Waals surface area (Å²) < 4.78 is 5.52. The molecule has 2 rings (SSSR count). The monoisotopic (exact) mass is 284 g/mol. The van der Waals surface area contributed by atoms with Crippen LogP contribution in [0.15, 0.2) is 0 Å². The number of nitrogens with one attached hydrogen (secondary N) is 1. The smallest absolute Gasteiger partial charge is 0.251 e. The zero-order valence-corrected chi connectivity index (χ0v) is 12.6. The lowest BCUT2D eigenvalue weighted by molar-refractivity contribution is -0.139. The number of rotatable bonds is 7. The van der Waals surface area contributed by atoms with Gasteiger partial charge in [0, 0.05) is 19.2 Å². The molecular weight excluding hydrogens is 256 g/mol. The average molecular weight is 284 g/mol. The standard InChI is InChI=1S/C15H28N2O3/c1-15(7-5-11-20-15)14(19)16-8-2-3-9-17-10-4-6-13(17)12-18/h13,18H,2-12H2,1H3,(H,16,19). The molecule has 0 aromatic rings. The topological polar surface area (TPSA) is 61.8 Å². The summed E-state index contributed by atoms with van der Waals surface area (Å²) in [5.41, 5.74) is -0.600. The van der Waals surface area contributed by atoms with Crippen molar-refractivity contribution in [3.8, 4) is 0 Å².